The molecule has 0 radical (unpaired) electrons. The minimum Gasteiger partial charge on any atom is -0.495 e. The number of methoxy groups -OCH3 is 1. The van der Waals surface area contributed by atoms with E-state index >= 15 is 0 Å². The molecule has 1 saturated heterocycles. The predicted molar refractivity (Wildman–Crippen MR) is 81.6 cm³/mol. The van der Waals surface area contributed by atoms with Crippen molar-refractivity contribution in [3.63, 3.8) is 0 Å². The smallest absolute Gasteiger partial charge is 0.242 e. The fraction of sp³-hybridized carbons (Fsp3) is 0.467. The number of carbonyl (C=O) groups is 2. The fourth-order valence-corrected chi connectivity index (χ4v) is 2.36. The molecule has 6 heteroatoms. The summed E-state index contributed by atoms with van der Waals surface area (Å²) < 4.78 is 5.21. The molecular weight excluding hydrogens is 270 g/mol. The van der Waals surface area contributed by atoms with Crippen molar-refractivity contribution in [1.29, 1.82) is 0 Å². The first-order valence-corrected chi connectivity index (χ1v) is 7.10. The Hall–Kier alpha value is -2.24. The molecule has 2 rings (SSSR count). The second kappa shape index (κ2) is 6.97. The molecule has 0 spiro atoms. The van der Waals surface area contributed by atoms with Gasteiger partial charge in [-0.15, -0.1) is 0 Å². The summed E-state index contributed by atoms with van der Waals surface area (Å²) in [5.41, 5.74) is 1.37. The van der Waals surface area contributed by atoms with Crippen LogP contribution in [-0.4, -0.2) is 31.5 Å². The summed E-state index contributed by atoms with van der Waals surface area (Å²) in [4.78, 5) is 23.2. The largest absolute Gasteiger partial charge is 0.495 e. The van der Waals surface area contributed by atoms with Crippen LogP contribution in [0.5, 0.6) is 5.75 Å². The number of hydrogen-bond acceptors (Lipinski definition) is 4. The van der Waals surface area contributed by atoms with E-state index in [-0.39, 0.29) is 17.9 Å². The lowest BCUT2D eigenvalue weighted by atomic mass is 10.1. The molecule has 1 aromatic carbocycles. The molecule has 1 heterocycles. The topological polar surface area (TPSA) is 79.5 Å². The molecule has 6 nitrogen and oxygen atoms in total. The zero-order valence-electron chi connectivity index (χ0n) is 12.4. The average Bonchev–Trinajstić information content (AvgIpc) is 2.64. The third kappa shape index (κ3) is 4.11. The van der Waals surface area contributed by atoms with E-state index in [2.05, 4.69) is 16.0 Å². The standard InChI is InChI=1S/C15H21N3O3/c1-10(19)17-13-9-11(6-7-14(13)21-2)18-12-5-3-4-8-16-15(12)20/h6-7,9,12,18H,3-5,8H2,1-2H3,(H,16,20)(H,17,19). The molecule has 3 N–H and O–H groups in total. The maximum Gasteiger partial charge on any atom is 0.242 e. The minimum absolute atomic E-state index is 0.0180. The normalized spacial score (nSPS) is 18.4. The maximum atomic E-state index is 11.9. The number of hydrogen-bond donors (Lipinski definition) is 3. The molecule has 21 heavy (non-hydrogen) atoms. The van der Waals surface area contributed by atoms with E-state index in [9.17, 15) is 9.59 Å². The number of anilines is 2. The number of benzene rings is 1. The predicted octanol–water partition coefficient (Wildman–Crippen LogP) is 1.73. The first-order chi connectivity index (χ1) is 10.1. The van der Waals surface area contributed by atoms with Gasteiger partial charge in [-0.3, -0.25) is 9.59 Å². The first-order valence-electron chi connectivity index (χ1n) is 7.10. The summed E-state index contributed by atoms with van der Waals surface area (Å²) in [7, 11) is 1.55. The highest BCUT2D eigenvalue weighted by molar-refractivity contribution is 5.91. The van der Waals surface area contributed by atoms with Gasteiger partial charge in [0.1, 0.15) is 11.8 Å². The molecule has 1 atom stereocenters. The Balaban J connectivity index is 2.15. The van der Waals surface area contributed by atoms with Gasteiger partial charge in [0.15, 0.2) is 0 Å². The highest BCUT2D eigenvalue weighted by atomic mass is 16.5. The van der Waals surface area contributed by atoms with E-state index in [0.717, 1.165) is 31.5 Å². The van der Waals surface area contributed by atoms with E-state index in [1.165, 1.54) is 6.92 Å². The number of rotatable bonds is 4. The van der Waals surface area contributed by atoms with Crippen molar-refractivity contribution in [1.82, 2.24) is 5.32 Å². The molecular formula is C15H21N3O3. The lowest BCUT2D eigenvalue weighted by Crippen LogP contribution is -2.37. The van der Waals surface area contributed by atoms with E-state index < -0.39 is 0 Å². The summed E-state index contributed by atoms with van der Waals surface area (Å²) in [6.07, 6.45) is 2.81. The van der Waals surface area contributed by atoms with Crippen molar-refractivity contribution in [3.05, 3.63) is 18.2 Å². The molecule has 1 aliphatic heterocycles. The summed E-state index contributed by atoms with van der Waals surface area (Å²) in [6.45, 7) is 2.18. The minimum atomic E-state index is -0.244. The number of nitrogens with one attached hydrogen (secondary N) is 3. The monoisotopic (exact) mass is 291 g/mol. The molecule has 0 saturated carbocycles. The molecule has 0 aromatic heterocycles. The Kier molecular flexibility index (Phi) is 5.03. The van der Waals surface area contributed by atoms with Gasteiger partial charge in [-0.1, -0.05) is 0 Å². The van der Waals surface area contributed by atoms with Gasteiger partial charge in [-0.25, -0.2) is 0 Å². The fourth-order valence-electron chi connectivity index (χ4n) is 2.36. The number of amides is 2. The Morgan fingerprint density at radius 1 is 1.38 bits per heavy atom. The van der Waals surface area contributed by atoms with Gasteiger partial charge < -0.3 is 20.7 Å². The lowest BCUT2D eigenvalue weighted by Gasteiger charge is -2.18. The number of ether oxygens (including phenoxy) is 1. The third-order valence-corrected chi connectivity index (χ3v) is 3.39. The Morgan fingerprint density at radius 2 is 2.19 bits per heavy atom. The zero-order chi connectivity index (χ0) is 15.2. The SMILES string of the molecule is COc1ccc(NC2CCCCNC2=O)cc1NC(C)=O. The van der Waals surface area contributed by atoms with Gasteiger partial charge in [0.05, 0.1) is 12.8 Å². The average molecular weight is 291 g/mol. The molecule has 2 amide bonds. The van der Waals surface area contributed by atoms with E-state index in [0.29, 0.717) is 11.4 Å². The highest BCUT2D eigenvalue weighted by Crippen LogP contribution is 2.28. The van der Waals surface area contributed by atoms with Gasteiger partial charge in [0.25, 0.3) is 0 Å². The van der Waals surface area contributed by atoms with Crippen LogP contribution < -0.4 is 20.7 Å². The van der Waals surface area contributed by atoms with Crippen molar-refractivity contribution < 1.29 is 14.3 Å². The molecule has 1 unspecified atom stereocenters. The van der Waals surface area contributed by atoms with Crippen molar-refractivity contribution in [3.8, 4) is 5.75 Å². The van der Waals surface area contributed by atoms with Crippen LogP contribution in [0.15, 0.2) is 18.2 Å². The van der Waals surface area contributed by atoms with Crippen LogP contribution >= 0.6 is 0 Å². The summed E-state index contributed by atoms with van der Waals surface area (Å²) in [5, 5.41) is 8.83. The number of carbonyl (C=O) groups excluding carboxylic acids is 2. The van der Waals surface area contributed by atoms with Crippen LogP contribution in [0.1, 0.15) is 26.2 Å². The Morgan fingerprint density at radius 3 is 2.90 bits per heavy atom. The van der Waals surface area contributed by atoms with Crippen molar-refractivity contribution in [2.24, 2.45) is 0 Å². The maximum absolute atomic E-state index is 11.9. The van der Waals surface area contributed by atoms with Gasteiger partial charge in [0.2, 0.25) is 11.8 Å². The van der Waals surface area contributed by atoms with Gasteiger partial charge in [0, 0.05) is 19.2 Å². The van der Waals surface area contributed by atoms with Crippen LogP contribution in [0.25, 0.3) is 0 Å². The molecule has 0 bridgehead atoms. The Labute approximate surface area is 124 Å². The van der Waals surface area contributed by atoms with Crippen LogP contribution in [0.3, 0.4) is 0 Å². The van der Waals surface area contributed by atoms with Gasteiger partial charge in [-0.2, -0.15) is 0 Å². The quantitative estimate of drug-likeness (QED) is 0.789. The molecule has 1 aromatic rings. The third-order valence-electron chi connectivity index (χ3n) is 3.39. The van der Waals surface area contributed by atoms with Crippen LogP contribution in [0, 0.1) is 0 Å². The molecule has 114 valence electrons. The van der Waals surface area contributed by atoms with Crippen molar-refractivity contribution in [2.45, 2.75) is 32.2 Å². The molecule has 1 fully saturated rings. The summed E-state index contributed by atoms with van der Waals surface area (Å²) in [6, 6.07) is 5.13. The van der Waals surface area contributed by atoms with E-state index in [1.807, 2.05) is 6.07 Å². The van der Waals surface area contributed by atoms with Gasteiger partial charge >= 0.3 is 0 Å². The lowest BCUT2D eigenvalue weighted by molar-refractivity contribution is -0.121. The van der Waals surface area contributed by atoms with Gasteiger partial charge in [-0.05, 0) is 37.5 Å². The molecule has 0 aliphatic carbocycles. The zero-order valence-corrected chi connectivity index (χ0v) is 12.4. The second-order valence-corrected chi connectivity index (χ2v) is 5.08. The van der Waals surface area contributed by atoms with Crippen LogP contribution in [-0.2, 0) is 9.59 Å². The summed E-state index contributed by atoms with van der Waals surface area (Å²) >= 11 is 0. The molecule has 1 aliphatic rings. The van der Waals surface area contributed by atoms with Crippen molar-refractivity contribution in [2.75, 3.05) is 24.3 Å². The summed E-state index contributed by atoms with van der Waals surface area (Å²) in [5.74, 6) is 0.433. The van der Waals surface area contributed by atoms with Crippen LogP contribution in [0.2, 0.25) is 0 Å². The first kappa shape index (κ1) is 15.2. The second-order valence-electron chi connectivity index (χ2n) is 5.08. The highest BCUT2D eigenvalue weighted by Gasteiger charge is 2.20. The van der Waals surface area contributed by atoms with Crippen LogP contribution in [0.4, 0.5) is 11.4 Å². The Bertz CT molecular complexity index is 531. The van der Waals surface area contributed by atoms with E-state index in [4.69, 9.17) is 4.74 Å². The van der Waals surface area contributed by atoms with Crippen molar-refractivity contribution >= 4 is 23.2 Å². The van der Waals surface area contributed by atoms with E-state index in [1.54, 1.807) is 19.2 Å².